The number of benzene rings is 1. The number of carbonyl (C=O) groups is 1. The first-order valence-electron chi connectivity index (χ1n) is 10.2. The fraction of sp³-hybridized carbons (Fsp3) is 0.455. The van der Waals surface area contributed by atoms with Gasteiger partial charge in [0.1, 0.15) is 22.1 Å². The molecule has 2 aliphatic rings. The van der Waals surface area contributed by atoms with Crippen molar-refractivity contribution in [3.05, 3.63) is 46.1 Å². The van der Waals surface area contributed by atoms with E-state index in [1.165, 1.54) is 18.4 Å². The van der Waals surface area contributed by atoms with Crippen molar-refractivity contribution < 1.29 is 13.9 Å². The molecule has 6 heteroatoms. The molecule has 1 aromatic carbocycles. The maximum atomic E-state index is 12.9. The van der Waals surface area contributed by atoms with E-state index >= 15 is 0 Å². The van der Waals surface area contributed by atoms with Crippen molar-refractivity contribution in [3.8, 4) is 5.75 Å². The Morgan fingerprint density at radius 3 is 3.07 bits per heavy atom. The highest BCUT2D eigenvalue weighted by atomic mass is 32.1. The summed E-state index contributed by atoms with van der Waals surface area (Å²) in [5.41, 5.74) is 2.24. The number of hydrogen-bond donors (Lipinski definition) is 0. The standard InChI is InChI=1S/C22H24N2O3S/c25-21(24-11-4-3-6-18(24)22-23-10-12-28-22)14-26-15-8-9-20-17(13-15)16-5-1-2-7-19(16)27-20/h8-10,12-13,18H,1-7,11,14H2. The zero-order valence-electron chi connectivity index (χ0n) is 15.9. The summed E-state index contributed by atoms with van der Waals surface area (Å²) >= 11 is 1.62. The van der Waals surface area contributed by atoms with Crippen LogP contribution in [0.15, 0.2) is 34.2 Å². The molecule has 0 bridgehead atoms. The fourth-order valence-electron chi connectivity index (χ4n) is 4.45. The highest BCUT2D eigenvalue weighted by Gasteiger charge is 2.29. The molecule has 0 N–H and O–H groups in total. The molecule has 146 valence electrons. The number of carbonyl (C=O) groups excluding carboxylic acids is 1. The van der Waals surface area contributed by atoms with E-state index in [1.54, 1.807) is 11.3 Å². The number of aryl methyl sites for hydroxylation is 2. The molecular formula is C22H24N2O3S. The second kappa shape index (κ2) is 7.59. The van der Waals surface area contributed by atoms with Crippen molar-refractivity contribution in [2.45, 2.75) is 51.0 Å². The number of amides is 1. The summed E-state index contributed by atoms with van der Waals surface area (Å²) in [4.78, 5) is 19.3. The fourth-order valence-corrected chi connectivity index (χ4v) is 5.23. The molecule has 1 aliphatic heterocycles. The Morgan fingerprint density at radius 1 is 1.25 bits per heavy atom. The molecule has 0 radical (unpaired) electrons. The van der Waals surface area contributed by atoms with Crippen molar-refractivity contribution in [1.82, 2.24) is 9.88 Å². The zero-order chi connectivity index (χ0) is 18.9. The smallest absolute Gasteiger partial charge is 0.261 e. The molecule has 1 aliphatic carbocycles. The molecule has 5 nitrogen and oxygen atoms in total. The van der Waals surface area contributed by atoms with Crippen molar-refractivity contribution >= 4 is 28.2 Å². The van der Waals surface area contributed by atoms with Gasteiger partial charge in [-0.3, -0.25) is 4.79 Å². The van der Waals surface area contributed by atoms with Crippen LogP contribution in [0.25, 0.3) is 11.0 Å². The normalized spacial score (nSPS) is 19.6. The third-order valence-corrected chi connectivity index (χ3v) is 6.73. The average molecular weight is 397 g/mol. The van der Waals surface area contributed by atoms with E-state index in [0.717, 1.165) is 66.1 Å². The second-order valence-electron chi connectivity index (χ2n) is 7.63. The van der Waals surface area contributed by atoms with Crippen LogP contribution in [-0.2, 0) is 17.6 Å². The molecule has 5 rings (SSSR count). The number of thiazole rings is 1. The van der Waals surface area contributed by atoms with Gasteiger partial charge in [-0.05, 0) is 56.7 Å². The highest BCUT2D eigenvalue weighted by molar-refractivity contribution is 7.09. The number of furan rings is 1. The molecule has 3 heterocycles. The van der Waals surface area contributed by atoms with Gasteiger partial charge in [0, 0.05) is 35.5 Å². The first kappa shape index (κ1) is 17.7. The SMILES string of the molecule is O=C(COc1ccc2oc3c(c2c1)CCCC3)N1CCCCC1c1nccs1. The Labute approximate surface area is 168 Å². The maximum absolute atomic E-state index is 12.9. The molecule has 1 atom stereocenters. The van der Waals surface area contributed by atoms with Gasteiger partial charge >= 0.3 is 0 Å². The van der Waals surface area contributed by atoms with E-state index in [-0.39, 0.29) is 18.6 Å². The van der Waals surface area contributed by atoms with Crippen LogP contribution in [-0.4, -0.2) is 28.9 Å². The molecule has 1 amide bonds. The first-order chi connectivity index (χ1) is 13.8. The number of piperidine rings is 1. The minimum atomic E-state index is 0.0363. The van der Waals surface area contributed by atoms with E-state index in [4.69, 9.17) is 9.15 Å². The Bertz CT molecular complexity index is 979. The first-order valence-corrected chi connectivity index (χ1v) is 11.0. The topological polar surface area (TPSA) is 55.6 Å². The van der Waals surface area contributed by atoms with E-state index in [1.807, 2.05) is 34.7 Å². The summed E-state index contributed by atoms with van der Waals surface area (Å²) in [7, 11) is 0. The van der Waals surface area contributed by atoms with E-state index < -0.39 is 0 Å². The lowest BCUT2D eigenvalue weighted by Gasteiger charge is -2.34. The van der Waals surface area contributed by atoms with Gasteiger partial charge in [0.2, 0.25) is 0 Å². The van der Waals surface area contributed by atoms with Gasteiger partial charge in [0.05, 0.1) is 6.04 Å². The quantitative estimate of drug-likeness (QED) is 0.629. The molecule has 0 spiro atoms. The van der Waals surface area contributed by atoms with Crippen molar-refractivity contribution in [2.75, 3.05) is 13.2 Å². The van der Waals surface area contributed by atoms with Crippen LogP contribution < -0.4 is 4.74 Å². The molecule has 1 unspecified atom stereocenters. The summed E-state index contributed by atoms with van der Waals surface area (Å²) < 4.78 is 11.9. The van der Waals surface area contributed by atoms with E-state index in [2.05, 4.69) is 4.98 Å². The Kier molecular flexibility index (Phi) is 4.81. The maximum Gasteiger partial charge on any atom is 0.261 e. The van der Waals surface area contributed by atoms with Crippen LogP contribution in [0.1, 0.15) is 54.5 Å². The number of rotatable bonds is 4. The number of nitrogens with zero attached hydrogens (tertiary/aromatic N) is 2. The number of aromatic nitrogens is 1. The number of hydrogen-bond acceptors (Lipinski definition) is 5. The Morgan fingerprint density at radius 2 is 2.18 bits per heavy atom. The molecule has 28 heavy (non-hydrogen) atoms. The van der Waals surface area contributed by atoms with E-state index in [9.17, 15) is 4.79 Å². The Hall–Kier alpha value is -2.34. The third-order valence-electron chi connectivity index (χ3n) is 5.85. The minimum Gasteiger partial charge on any atom is -0.484 e. The molecule has 2 aromatic heterocycles. The van der Waals surface area contributed by atoms with Crippen LogP contribution in [0.3, 0.4) is 0 Å². The van der Waals surface area contributed by atoms with Crippen molar-refractivity contribution in [3.63, 3.8) is 0 Å². The predicted molar refractivity (Wildman–Crippen MR) is 109 cm³/mol. The summed E-state index contributed by atoms with van der Waals surface area (Å²) in [5, 5.41) is 4.14. The van der Waals surface area contributed by atoms with Crippen LogP contribution in [0, 0.1) is 0 Å². The van der Waals surface area contributed by atoms with Gasteiger partial charge in [0.25, 0.3) is 5.91 Å². The molecule has 1 saturated heterocycles. The van der Waals surface area contributed by atoms with Gasteiger partial charge in [-0.15, -0.1) is 11.3 Å². The van der Waals surface area contributed by atoms with Gasteiger partial charge < -0.3 is 14.1 Å². The van der Waals surface area contributed by atoms with Crippen LogP contribution in [0.4, 0.5) is 0 Å². The molecule has 0 saturated carbocycles. The van der Waals surface area contributed by atoms with E-state index in [0.29, 0.717) is 0 Å². The Balaban J connectivity index is 1.30. The van der Waals surface area contributed by atoms with Gasteiger partial charge in [0.15, 0.2) is 6.61 Å². The number of fused-ring (bicyclic) bond motifs is 3. The summed E-state index contributed by atoms with van der Waals surface area (Å²) in [5.74, 6) is 1.89. The lowest BCUT2D eigenvalue weighted by Crippen LogP contribution is -2.41. The van der Waals surface area contributed by atoms with Gasteiger partial charge in [-0.2, -0.15) is 0 Å². The molecular weight excluding hydrogens is 372 g/mol. The second-order valence-corrected chi connectivity index (χ2v) is 8.55. The summed E-state index contributed by atoms with van der Waals surface area (Å²) in [6, 6.07) is 5.99. The van der Waals surface area contributed by atoms with Crippen LogP contribution in [0.5, 0.6) is 5.75 Å². The molecule has 1 fully saturated rings. The van der Waals surface area contributed by atoms with Crippen molar-refractivity contribution in [2.24, 2.45) is 0 Å². The zero-order valence-corrected chi connectivity index (χ0v) is 16.7. The predicted octanol–water partition coefficient (Wildman–Crippen LogP) is 4.90. The largest absolute Gasteiger partial charge is 0.484 e. The van der Waals surface area contributed by atoms with Gasteiger partial charge in [-0.25, -0.2) is 4.98 Å². The lowest BCUT2D eigenvalue weighted by atomic mass is 9.96. The lowest BCUT2D eigenvalue weighted by molar-refractivity contribution is -0.137. The van der Waals surface area contributed by atoms with Crippen LogP contribution in [0.2, 0.25) is 0 Å². The van der Waals surface area contributed by atoms with Gasteiger partial charge in [-0.1, -0.05) is 0 Å². The molecule has 3 aromatic rings. The number of ether oxygens (including phenoxy) is 1. The third kappa shape index (κ3) is 3.30. The highest BCUT2D eigenvalue weighted by Crippen LogP contribution is 2.35. The monoisotopic (exact) mass is 396 g/mol. The number of likely N-dealkylation sites (tertiary alicyclic amines) is 1. The van der Waals surface area contributed by atoms with Crippen LogP contribution >= 0.6 is 11.3 Å². The average Bonchev–Trinajstić information content (AvgIpc) is 3.40. The summed E-state index contributed by atoms with van der Waals surface area (Å²) in [6.07, 6.45) is 9.46. The summed E-state index contributed by atoms with van der Waals surface area (Å²) in [6.45, 7) is 0.841. The minimum absolute atomic E-state index is 0.0363. The van der Waals surface area contributed by atoms with Crippen molar-refractivity contribution in [1.29, 1.82) is 0 Å².